The van der Waals surface area contributed by atoms with E-state index in [2.05, 4.69) is 58.2 Å². The number of aromatic amines is 1. The van der Waals surface area contributed by atoms with Gasteiger partial charge in [-0.3, -0.25) is 9.89 Å². The number of thioether (sulfide) groups is 1. The first-order valence-electron chi connectivity index (χ1n) is 10.2. The number of ether oxygens (including phenoxy) is 1. The molecular formula is C24H27N3O2S. The Morgan fingerprint density at radius 3 is 2.67 bits per heavy atom. The Labute approximate surface area is 181 Å². The molecule has 0 spiro atoms. The Balaban J connectivity index is 1.30. The topological polar surface area (TPSA) is 67.0 Å². The van der Waals surface area contributed by atoms with E-state index in [0.717, 1.165) is 29.1 Å². The van der Waals surface area contributed by atoms with E-state index in [1.807, 2.05) is 19.9 Å². The third-order valence-electron chi connectivity index (χ3n) is 5.63. The van der Waals surface area contributed by atoms with Crippen LogP contribution in [0.4, 0.5) is 0 Å². The molecule has 1 amide bonds. The summed E-state index contributed by atoms with van der Waals surface area (Å²) in [5.74, 6) is 0.965. The lowest BCUT2D eigenvalue weighted by Crippen LogP contribution is -2.34. The van der Waals surface area contributed by atoms with E-state index in [-0.39, 0.29) is 12.0 Å². The van der Waals surface area contributed by atoms with E-state index in [1.54, 1.807) is 11.8 Å². The van der Waals surface area contributed by atoms with Crippen LogP contribution < -0.4 is 10.1 Å². The first-order valence-corrected chi connectivity index (χ1v) is 11.5. The van der Waals surface area contributed by atoms with E-state index in [4.69, 9.17) is 4.74 Å². The lowest BCUT2D eigenvalue weighted by molar-refractivity contribution is -0.121. The molecule has 0 fully saturated rings. The molecule has 0 radical (unpaired) electrons. The van der Waals surface area contributed by atoms with Gasteiger partial charge in [0.1, 0.15) is 11.9 Å². The average Bonchev–Trinajstić information content (AvgIpc) is 3.32. The quantitative estimate of drug-likeness (QED) is 0.553. The van der Waals surface area contributed by atoms with Crippen LogP contribution in [0.1, 0.15) is 28.9 Å². The molecule has 0 aliphatic carbocycles. The largest absolute Gasteiger partial charge is 0.488 e. The SMILES string of the molecule is CSc1ccc(-c2ccc3c(c2)CC(CNC(=O)CCc2c(C)n[nH]c2C)O3)cc1. The van der Waals surface area contributed by atoms with Crippen molar-refractivity contribution in [3.8, 4) is 16.9 Å². The fourth-order valence-corrected chi connectivity index (χ4v) is 4.30. The molecule has 0 saturated heterocycles. The monoisotopic (exact) mass is 421 g/mol. The highest BCUT2D eigenvalue weighted by Gasteiger charge is 2.23. The molecular weight excluding hydrogens is 394 g/mol. The van der Waals surface area contributed by atoms with Gasteiger partial charge in [0.2, 0.25) is 5.91 Å². The van der Waals surface area contributed by atoms with E-state index in [9.17, 15) is 4.79 Å². The van der Waals surface area contributed by atoms with Gasteiger partial charge in [0.25, 0.3) is 0 Å². The van der Waals surface area contributed by atoms with Gasteiger partial charge in [-0.1, -0.05) is 18.2 Å². The van der Waals surface area contributed by atoms with E-state index < -0.39 is 0 Å². The molecule has 1 aliphatic rings. The molecule has 30 heavy (non-hydrogen) atoms. The van der Waals surface area contributed by atoms with Crippen molar-refractivity contribution in [2.24, 2.45) is 0 Å². The standard InChI is InChI=1S/C24H27N3O2S/c1-15-22(16(2)27-26-15)9-11-24(28)25-14-20-13-19-12-18(6-10-23(19)29-20)17-4-7-21(30-3)8-5-17/h4-8,10,12,20H,9,11,13-14H2,1-3H3,(H,25,28)(H,26,27). The highest BCUT2D eigenvalue weighted by molar-refractivity contribution is 7.98. The maximum Gasteiger partial charge on any atom is 0.220 e. The van der Waals surface area contributed by atoms with E-state index in [0.29, 0.717) is 19.4 Å². The second-order valence-electron chi connectivity index (χ2n) is 7.71. The predicted molar refractivity (Wildman–Crippen MR) is 121 cm³/mol. The number of rotatable bonds is 7. The Hall–Kier alpha value is -2.73. The maximum atomic E-state index is 12.3. The van der Waals surface area contributed by atoms with Gasteiger partial charge in [0.15, 0.2) is 0 Å². The van der Waals surface area contributed by atoms with Gasteiger partial charge in [0.05, 0.1) is 12.2 Å². The molecule has 2 heterocycles. The van der Waals surface area contributed by atoms with Crippen molar-refractivity contribution in [2.45, 2.75) is 44.1 Å². The highest BCUT2D eigenvalue weighted by Crippen LogP contribution is 2.33. The van der Waals surface area contributed by atoms with Crippen LogP contribution in [-0.2, 0) is 17.6 Å². The van der Waals surface area contributed by atoms with Crippen LogP contribution >= 0.6 is 11.8 Å². The number of carbonyl (C=O) groups is 1. The number of H-pyrrole nitrogens is 1. The number of fused-ring (bicyclic) bond motifs is 1. The first kappa shape index (κ1) is 20.5. The van der Waals surface area contributed by atoms with Gasteiger partial charge in [-0.05, 0) is 73.0 Å². The van der Waals surface area contributed by atoms with Crippen molar-refractivity contribution in [3.05, 3.63) is 65.0 Å². The number of amides is 1. The van der Waals surface area contributed by atoms with Crippen molar-refractivity contribution in [2.75, 3.05) is 12.8 Å². The fraction of sp³-hybridized carbons (Fsp3) is 0.333. The zero-order chi connectivity index (χ0) is 21.1. The summed E-state index contributed by atoms with van der Waals surface area (Å²) < 4.78 is 6.04. The van der Waals surface area contributed by atoms with Crippen molar-refractivity contribution in [1.29, 1.82) is 0 Å². The van der Waals surface area contributed by atoms with Gasteiger partial charge >= 0.3 is 0 Å². The van der Waals surface area contributed by atoms with Crippen LogP contribution in [0.5, 0.6) is 5.75 Å². The van der Waals surface area contributed by atoms with Crippen LogP contribution in [-0.4, -0.2) is 35.0 Å². The minimum Gasteiger partial charge on any atom is -0.488 e. The molecule has 6 heteroatoms. The highest BCUT2D eigenvalue weighted by atomic mass is 32.2. The van der Waals surface area contributed by atoms with Gasteiger partial charge < -0.3 is 10.1 Å². The number of benzene rings is 2. The molecule has 3 aromatic rings. The third-order valence-corrected chi connectivity index (χ3v) is 6.38. The van der Waals surface area contributed by atoms with Crippen LogP contribution in [0.25, 0.3) is 11.1 Å². The summed E-state index contributed by atoms with van der Waals surface area (Å²) in [4.78, 5) is 13.5. The van der Waals surface area contributed by atoms with Crippen molar-refractivity contribution < 1.29 is 9.53 Å². The molecule has 1 atom stereocenters. The summed E-state index contributed by atoms with van der Waals surface area (Å²) >= 11 is 1.75. The number of nitrogens with one attached hydrogen (secondary N) is 2. The smallest absolute Gasteiger partial charge is 0.220 e. The lowest BCUT2D eigenvalue weighted by Gasteiger charge is -2.12. The molecule has 2 aromatic carbocycles. The summed E-state index contributed by atoms with van der Waals surface area (Å²) in [7, 11) is 0. The second kappa shape index (κ2) is 8.96. The van der Waals surface area contributed by atoms with Crippen molar-refractivity contribution in [3.63, 3.8) is 0 Å². The molecule has 2 N–H and O–H groups in total. The number of carbonyl (C=O) groups excluding carboxylic acids is 1. The number of nitrogens with zero attached hydrogens (tertiary/aromatic N) is 1. The van der Waals surface area contributed by atoms with Crippen LogP contribution in [0.3, 0.4) is 0 Å². The average molecular weight is 422 g/mol. The Morgan fingerprint density at radius 1 is 1.20 bits per heavy atom. The normalized spacial score (nSPS) is 15.0. The van der Waals surface area contributed by atoms with Crippen molar-refractivity contribution in [1.82, 2.24) is 15.5 Å². The number of aromatic nitrogens is 2. The molecule has 1 unspecified atom stereocenters. The molecule has 156 valence electrons. The molecule has 5 nitrogen and oxygen atoms in total. The molecule has 0 saturated carbocycles. The lowest BCUT2D eigenvalue weighted by atomic mass is 10.0. The summed E-state index contributed by atoms with van der Waals surface area (Å²) in [6, 6.07) is 15.0. The van der Waals surface area contributed by atoms with E-state index in [1.165, 1.54) is 21.6 Å². The van der Waals surface area contributed by atoms with Gasteiger partial charge in [-0.2, -0.15) is 5.10 Å². The van der Waals surface area contributed by atoms with Crippen LogP contribution in [0, 0.1) is 13.8 Å². The summed E-state index contributed by atoms with van der Waals surface area (Å²) in [5.41, 5.74) is 6.73. The number of hydrogen-bond donors (Lipinski definition) is 2. The minimum atomic E-state index is -0.0181. The predicted octanol–water partition coefficient (Wildman–Crippen LogP) is 4.47. The molecule has 0 bridgehead atoms. The maximum absolute atomic E-state index is 12.3. The summed E-state index contributed by atoms with van der Waals surface area (Å²) in [6.45, 7) is 4.47. The van der Waals surface area contributed by atoms with Crippen molar-refractivity contribution >= 4 is 17.7 Å². The Morgan fingerprint density at radius 2 is 1.97 bits per heavy atom. The zero-order valence-electron chi connectivity index (χ0n) is 17.6. The Bertz CT molecular complexity index is 1020. The Kier molecular flexibility index (Phi) is 6.13. The second-order valence-corrected chi connectivity index (χ2v) is 8.59. The van der Waals surface area contributed by atoms with E-state index >= 15 is 0 Å². The first-order chi connectivity index (χ1) is 14.5. The molecule has 1 aromatic heterocycles. The molecule has 4 rings (SSSR count). The number of aryl methyl sites for hydroxylation is 2. The van der Waals surface area contributed by atoms with Crippen LogP contribution in [0.15, 0.2) is 47.4 Å². The third kappa shape index (κ3) is 4.54. The number of hydrogen-bond acceptors (Lipinski definition) is 4. The van der Waals surface area contributed by atoms with Gasteiger partial charge in [-0.15, -0.1) is 11.8 Å². The van der Waals surface area contributed by atoms with Gasteiger partial charge in [-0.25, -0.2) is 0 Å². The molecule has 1 aliphatic heterocycles. The minimum absolute atomic E-state index is 0.0181. The van der Waals surface area contributed by atoms with Gasteiger partial charge in [0, 0.05) is 23.4 Å². The van der Waals surface area contributed by atoms with Crippen LogP contribution in [0.2, 0.25) is 0 Å². The summed E-state index contributed by atoms with van der Waals surface area (Å²) in [5, 5.41) is 10.2. The summed E-state index contributed by atoms with van der Waals surface area (Å²) in [6.07, 6.45) is 4.03. The zero-order valence-corrected chi connectivity index (χ0v) is 18.4. The fourth-order valence-electron chi connectivity index (χ4n) is 3.89.